The van der Waals surface area contributed by atoms with Crippen molar-refractivity contribution in [3.63, 3.8) is 0 Å². The third kappa shape index (κ3) is 4.80. The first kappa shape index (κ1) is 19.7. The Morgan fingerprint density at radius 1 is 1.04 bits per heavy atom. The van der Waals surface area contributed by atoms with Gasteiger partial charge in [0.2, 0.25) is 0 Å². The number of carbonyl (C=O) groups excluding carboxylic acids is 1. The van der Waals surface area contributed by atoms with Gasteiger partial charge in [0.25, 0.3) is 5.91 Å². The smallest absolute Gasteiger partial charge is 0.273 e. The number of thiazole rings is 1. The van der Waals surface area contributed by atoms with Gasteiger partial charge >= 0.3 is 0 Å². The minimum atomic E-state index is -0.0858. The SMILES string of the molecule is CCN(Cc1ccc(OC)cc1)C(=O)c1csc(Nc2ccc(OC)cc2)n1. The molecule has 1 aromatic heterocycles. The average molecular weight is 398 g/mol. The molecule has 0 fully saturated rings. The van der Waals surface area contributed by atoms with Crippen molar-refractivity contribution in [3.05, 3.63) is 65.2 Å². The molecule has 2 aromatic carbocycles. The standard InChI is InChI=1S/C21H23N3O3S/c1-4-24(13-15-5-9-17(26-2)10-6-15)20(25)19-14-28-21(23-19)22-16-7-11-18(27-3)12-8-16/h5-12,14H,4,13H2,1-3H3,(H,22,23). The van der Waals surface area contributed by atoms with Gasteiger partial charge in [0, 0.05) is 24.2 Å². The number of hydrogen-bond donors (Lipinski definition) is 1. The highest BCUT2D eigenvalue weighted by molar-refractivity contribution is 7.14. The maximum atomic E-state index is 12.9. The molecule has 0 aliphatic heterocycles. The van der Waals surface area contributed by atoms with Crippen molar-refractivity contribution >= 4 is 28.1 Å². The van der Waals surface area contributed by atoms with E-state index in [9.17, 15) is 4.79 Å². The van der Waals surface area contributed by atoms with Crippen molar-refractivity contribution in [2.24, 2.45) is 0 Å². The molecule has 0 saturated heterocycles. The summed E-state index contributed by atoms with van der Waals surface area (Å²) in [4.78, 5) is 19.1. The third-order valence-corrected chi connectivity index (χ3v) is 5.02. The van der Waals surface area contributed by atoms with E-state index in [1.165, 1.54) is 11.3 Å². The van der Waals surface area contributed by atoms with Gasteiger partial charge in [-0.2, -0.15) is 0 Å². The van der Waals surface area contributed by atoms with Crippen LogP contribution in [0.4, 0.5) is 10.8 Å². The molecule has 3 rings (SSSR count). The van der Waals surface area contributed by atoms with Gasteiger partial charge < -0.3 is 19.7 Å². The second-order valence-corrected chi connectivity index (χ2v) is 6.92. The van der Waals surface area contributed by atoms with Crippen LogP contribution in [0.3, 0.4) is 0 Å². The van der Waals surface area contributed by atoms with Crippen molar-refractivity contribution in [2.45, 2.75) is 13.5 Å². The van der Waals surface area contributed by atoms with E-state index in [-0.39, 0.29) is 5.91 Å². The lowest BCUT2D eigenvalue weighted by Crippen LogP contribution is -2.30. The van der Waals surface area contributed by atoms with Crippen molar-refractivity contribution in [1.82, 2.24) is 9.88 Å². The molecule has 6 nitrogen and oxygen atoms in total. The zero-order valence-electron chi connectivity index (χ0n) is 16.1. The Hall–Kier alpha value is -3.06. The molecule has 146 valence electrons. The van der Waals surface area contributed by atoms with E-state index in [1.54, 1.807) is 24.5 Å². The molecule has 1 N–H and O–H groups in total. The summed E-state index contributed by atoms with van der Waals surface area (Å²) in [5.74, 6) is 1.50. The highest BCUT2D eigenvalue weighted by atomic mass is 32.1. The molecule has 3 aromatic rings. The van der Waals surface area contributed by atoms with Crippen molar-refractivity contribution in [2.75, 3.05) is 26.1 Å². The van der Waals surface area contributed by atoms with Crippen LogP contribution in [0.25, 0.3) is 0 Å². The van der Waals surface area contributed by atoms with Crippen LogP contribution in [-0.4, -0.2) is 36.6 Å². The number of nitrogens with zero attached hydrogens (tertiary/aromatic N) is 2. The number of amides is 1. The number of ether oxygens (including phenoxy) is 2. The summed E-state index contributed by atoms with van der Waals surface area (Å²) in [6.07, 6.45) is 0. The molecule has 0 aliphatic rings. The van der Waals surface area contributed by atoms with Gasteiger partial charge in [-0.05, 0) is 48.9 Å². The van der Waals surface area contributed by atoms with Crippen molar-refractivity contribution in [1.29, 1.82) is 0 Å². The average Bonchev–Trinajstić information content (AvgIpc) is 3.21. The summed E-state index contributed by atoms with van der Waals surface area (Å²) in [6.45, 7) is 3.09. The summed E-state index contributed by atoms with van der Waals surface area (Å²) in [7, 11) is 3.27. The number of benzene rings is 2. The first-order valence-electron chi connectivity index (χ1n) is 8.91. The second-order valence-electron chi connectivity index (χ2n) is 6.06. The summed E-state index contributed by atoms with van der Waals surface area (Å²) in [5.41, 5.74) is 2.37. The van der Waals surface area contributed by atoms with E-state index in [0.717, 1.165) is 22.7 Å². The lowest BCUT2D eigenvalue weighted by molar-refractivity contribution is 0.0747. The lowest BCUT2D eigenvalue weighted by Gasteiger charge is -2.20. The fourth-order valence-electron chi connectivity index (χ4n) is 2.67. The largest absolute Gasteiger partial charge is 0.497 e. The molecule has 1 heterocycles. The van der Waals surface area contributed by atoms with E-state index in [0.29, 0.717) is 23.9 Å². The maximum Gasteiger partial charge on any atom is 0.273 e. The molecule has 0 bridgehead atoms. The maximum absolute atomic E-state index is 12.9. The molecule has 0 saturated carbocycles. The fraction of sp³-hybridized carbons (Fsp3) is 0.238. The number of carbonyl (C=O) groups is 1. The van der Waals surface area contributed by atoms with Crippen molar-refractivity contribution < 1.29 is 14.3 Å². The number of nitrogens with one attached hydrogen (secondary N) is 1. The first-order chi connectivity index (χ1) is 13.6. The minimum Gasteiger partial charge on any atom is -0.497 e. The zero-order valence-corrected chi connectivity index (χ0v) is 17.0. The first-order valence-corrected chi connectivity index (χ1v) is 9.79. The molecule has 7 heteroatoms. The number of aromatic nitrogens is 1. The molecule has 0 atom stereocenters. The van der Waals surface area contributed by atoms with Crippen LogP contribution in [-0.2, 0) is 6.54 Å². The summed E-state index contributed by atoms with van der Waals surface area (Å²) in [6, 6.07) is 15.3. The Labute approximate surface area is 168 Å². The third-order valence-electron chi connectivity index (χ3n) is 4.27. The topological polar surface area (TPSA) is 63.7 Å². The molecule has 0 aliphatic carbocycles. The Morgan fingerprint density at radius 3 is 2.21 bits per heavy atom. The molecular weight excluding hydrogens is 374 g/mol. The lowest BCUT2D eigenvalue weighted by atomic mass is 10.2. The Kier molecular flexibility index (Phi) is 6.49. The van der Waals surface area contributed by atoms with Gasteiger partial charge in [-0.1, -0.05) is 12.1 Å². The van der Waals surface area contributed by atoms with E-state index in [2.05, 4.69) is 10.3 Å². The number of anilines is 2. The molecular formula is C21H23N3O3S. The van der Waals surface area contributed by atoms with Crippen LogP contribution in [0.1, 0.15) is 23.0 Å². The van der Waals surface area contributed by atoms with Gasteiger partial charge in [0.15, 0.2) is 5.13 Å². The highest BCUT2D eigenvalue weighted by Crippen LogP contribution is 2.24. The van der Waals surface area contributed by atoms with Crippen LogP contribution in [0.15, 0.2) is 53.9 Å². The Bertz CT molecular complexity index is 907. The molecule has 0 radical (unpaired) electrons. The number of rotatable bonds is 8. The van der Waals surface area contributed by atoms with Crippen LogP contribution >= 0.6 is 11.3 Å². The van der Waals surface area contributed by atoms with Crippen molar-refractivity contribution in [3.8, 4) is 11.5 Å². The number of hydrogen-bond acceptors (Lipinski definition) is 6. The van der Waals surface area contributed by atoms with E-state index < -0.39 is 0 Å². The molecule has 0 spiro atoms. The van der Waals surface area contributed by atoms with Crippen LogP contribution in [0, 0.1) is 0 Å². The van der Waals surface area contributed by atoms with Crippen LogP contribution in [0.5, 0.6) is 11.5 Å². The van der Waals surface area contributed by atoms with E-state index in [4.69, 9.17) is 9.47 Å². The Balaban J connectivity index is 1.66. The quantitative estimate of drug-likeness (QED) is 0.603. The second kappa shape index (κ2) is 9.23. The zero-order chi connectivity index (χ0) is 19.9. The van der Waals surface area contributed by atoms with Crippen LogP contribution in [0.2, 0.25) is 0 Å². The van der Waals surface area contributed by atoms with E-state index >= 15 is 0 Å². The molecule has 1 amide bonds. The van der Waals surface area contributed by atoms with E-state index in [1.807, 2.05) is 55.5 Å². The monoisotopic (exact) mass is 397 g/mol. The van der Waals surface area contributed by atoms with Crippen LogP contribution < -0.4 is 14.8 Å². The minimum absolute atomic E-state index is 0.0858. The predicted molar refractivity (Wildman–Crippen MR) is 112 cm³/mol. The summed E-state index contributed by atoms with van der Waals surface area (Å²) < 4.78 is 10.3. The predicted octanol–water partition coefficient (Wildman–Crippen LogP) is 4.57. The normalized spacial score (nSPS) is 10.4. The van der Waals surface area contributed by atoms with Gasteiger partial charge in [0.1, 0.15) is 17.2 Å². The molecule has 28 heavy (non-hydrogen) atoms. The number of methoxy groups -OCH3 is 2. The van der Waals surface area contributed by atoms with Gasteiger partial charge in [-0.25, -0.2) is 4.98 Å². The van der Waals surface area contributed by atoms with Gasteiger partial charge in [-0.3, -0.25) is 4.79 Å². The highest BCUT2D eigenvalue weighted by Gasteiger charge is 2.18. The van der Waals surface area contributed by atoms with Gasteiger partial charge in [-0.15, -0.1) is 11.3 Å². The Morgan fingerprint density at radius 2 is 1.64 bits per heavy atom. The summed E-state index contributed by atoms with van der Waals surface area (Å²) in [5, 5.41) is 5.67. The van der Waals surface area contributed by atoms with Gasteiger partial charge in [0.05, 0.1) is 14.2 Å². The fourth-order valence-corrected chi connectivity index (χ4v) is 3.37. The molecule has 0 unspecified atom stereocenters. The summed E-state index contributed by atoms with van der Waals surface area (Å²) >= 11 is 1.40.